The summed E-state index contributed by atoms with van der Waals surface area (Å²) in [6.07, 6.45) is 5.67. The summed E-state index contributed by atoms with van der Waals surface area (Å²) >= 11 is 2.00. The van der Waals surface area contributed by atoms with E-state index in [1.165, 1.54) is 42.9 Å². The molecule has 2 aliphatic rings. The van der Waals surface area contributed by atoms with Gasteiger partial charge in [-0.25, -0.2) is 0 Å². The van der Waals surface area contributed by atoms with Crippen LogP contribution in [-0.4, -0.2) is 42.6 Å². The van der Waals surface area contributed by atoms with Crippen molar-refractivity contribution in [2.45, 2.75) is 45.1 Å². The number of fused-ring (bicyclic) bond motifs is 3. The van der Waals surface area contributed by atoms with E-state index in [0.29, 0.717) is 5.92 Å². The molecule has 2 unspecified atom stereocenters. The summed E-state index contributed by atoms with van der Waals surface area (Å²) in [5.74, 6) is 0.713. The van der Waals surface area contributed by atoms with Crippen LogP contribution in [0.4, 0.5) is 5.00 Å². The van der Waals surface area contributed by atoms with E-state index < -0.39 is 0 Å². The molecule has 0 aromatic carbocycles. The zero-order chi connectivity index (χ0) is 16.7. The highest BCUT2D eigenvalue weighted by Gasteiger charge is 2.42. The van der Waals surface area contributed by atoms with Crippen molar-refractivity contribution in [1.82, 2.24) is 9.88 Å². The fraction of sp³-hybridized carbons (Fsp3) is 0.550. The molecule has 4 rings (SSSR count). The molecule has 128 valence electrons. The lowest BCUT2D eigenvalue weighted by molar-refractivity contribution is 0.231. The van der Waals surface area contributed by atoms with E-state index in [2.05, 4.69) is 53.9 Å². The Kier molecular flexibility index (Phi) is 4.35. The fourth-order valence-corrected chi connectivity index (χ4v) is 5.47. The smallest absolute Gasteiger partial charge is 0.0950 e. The number of likely N-dealkylation sites (N-methyl/N-ethyl adjacent to an activating group) is 1. The molecule has 4 heterocycles. The van der Waals surface area contributed by atoms with E-state index in [4.69, 9.17) is 0 Å². The van der Waals surface area contributed by atoms with Crippen molar-refractivity contribution < 1.29 is 0 Å². The first kappa shape index (κ1) is 16.1. The lowest BCUT2D eigenvalue weighted by atomic mass is 9.90. The predicted molar refractivity (Wildman–Crippen MR) is 102 cm³/mol. The molecule has 0 N–H and O–H groups in total. The van der Waals surface area contributed by atoms with Gasteiger partial charge in [0.25, 0.3) is 0 Å². The van der Waals surface area contributed by atoms with Crippen LogP contribution in [0.2, 0.25) is 0 Å². The number of pyridine rings is 1. The molecule has 2 aliphatic heterocycles. The van der Waals surface area contributed by atoms with Gasteiger partial charge in [0.15, 0.2) is 0 Å². The number of hydrogen-bond acceptors (Lipinski definition) is 4. The third-order valence-electron chi connectivity index (χ3n) is 5.54. The number of nitrogens with zero attached hydrogens (tertiary/aromatic N) is 3. The van der Waals surface area contributed by atoms with E-state index in [-0.39, 0.29) is 0 Å². The van der Waals surface area contributed by atoms with E-state index in [1.807, 2.05) is 17.5 Å². The SMILES string of the molecule is Cc1ccc(CCCN2c3sc(C)cc3C3CN(C)CCC32)cn1. The first-order chi connectivity index (χ1) is 11.6. The number of aromatic nitrogens is 1. The Hall–Kier alpha value is -1.39. The molecule has 3 nitrogen and oxygen atoms in total. The molecule has 2 aromatic rings. The second-order valence-electron chi connectivity index (χ2n) is 7.45. The highest BCUT2D eigenvalue weighted by atomic mass is 32.1. The average molecular weight is 342 g/mol. The number of thiophene rings is 1. The van der Waals surface area contributed by atoms with Crippen LogP contribution in [0, 0.1) is 13.8 Å². The van der Waals surface area contributed by atoms with Crippen LogP contribution in [-0.2, 0) is 6.42 Å². The molecule has 0 radical (unpaired) electrons. The van der Waals surface area contributed by atoms with Crippen LogP contribution in [0.25, 0.3) is 0 Å². The standard InChI is InChI=1S/C20H27N3S/c1-14-6-7-16(12-21-14)5-4-9-23-19-8-10-22(3)13-18(19)17-11-15(2)24-20(17)23/h6-7,11-12,18-19H,4-5,8-10,13H2,1-3H3. The van der Waals surface area contributed by atoms with Gasteiger partial charge in [0.2, 0.25) is 0 Å². The second-order valence-corrected chi connectivity index (χ2v) is 8.68. The maximum absolute atomic E-state index is 4.43. The molecule has 0 aliphatic carbocycles. The van der Waals surface area contributed by atoms with E-state index >= 15 is 0 Å². The second kappa shape index (κ2) is 6.49. The summed E-state index contributed by atoms with van der Waals surface area (Å²) in [6.45, 7) is 7.92. The maximum atomic E-state index is 4.43. The number of rotatable bonds is 4. The molecule has 2 aromatic heterocycles. The van der Waals surface area contributed by atoms with Gasteiger partial charge in [0.1, 0.15) is 0 Å². The molecule has 2 atom stereocenters. The minimum atomic E-state index is 0.713. The van der Waals surface area contributed by atoms with Crippen molar-refractivity contribution in [3.63, 3.8) is 0 Å². The van der Waals surface area contributed by atoms with Gasteiger partial charge in [-0.3, -0.25) is 4.98 Å². The maximum Gasteiger partial charge on any atom is 0.0950 e. The van der Waals surface area contributed by atoms with Crippen LogP contribution in [0.3, 0.4) is 0 Å². The van der Waals surface area contributed by atoms with Gasteiger partial charge in [0, 0.05) is 41.8 Å². The third kappa shape index (κ3) is 2.98. The van der Waals surface area contributed by atoms with E-state index in [1.54, 1.807) is 10.6 Å². The van der Waals surface area contributed by atoms with Crippen molar-refractivity contribution in [2.24, 2.45) is 0 Å². The van der Waals surface area contributed by atoms with Crippen molar-refractivity contribution in [3.05, 3.63) is 46.1 Å². The summed E-state index contributed by atoms with van der Waals surface area (Å²) < 4.78 is 0. The van der Waals surface area contributed by atoms with Gasteiger partial charge in [0.05, 0.1) is 5.00 Å². The number of piperidine rings is 1. The largest absolute Gasteiger partial charge is 0.359 e. The van der Waals surface area contributed by atoms with Crippen molar-refractivity contribution >= 4 is 16.3 Å². The van der Waals surface area contributed by atoms with Gasteiger partial charge in [-0.2, -0.15) is 0 Å². The minimum absolute atomic E-state index is 0.713. The highest BCUT2D eigenvalue weighted by Crippen LogP contribution is 2.48. The Morgan fingerprint density at radius 1 is 1.29 bits per heavy atom. The Morgan fingerprint density at radius 2 is 2.17 bits per heavy atom. The van der Waals surface area contributed by atoms with Gasteiger partial charge >= 0.3 is 0 Å². The van der Waals surface area contributed by atoms with Crippen LogP contribution in [0.15, 0.2) is 24.4 Å². The van der Waals surface area contributed by atoms with Gasteiger partial charge < -0.3 is 9.80 Å². The fourth-order valence-electron chi connectivity index (χ4n) is 4.31. The topological polar surface area (TPSA) is 19.4 Å². The molecular weight excluding hydrogens is 314 g/mol. The molecule has 24 heavy (non-hydrogen) atoms. The van der Waals surface area contributed by atoms with E-state index in [9.17, 15) is 0 Å². The van der Waals surface area contributed by atoms with E-state index in [0.717, 1.165) is 18.2 Å². The molecule has 1 saturated heterocycles. The molecular formula is C20H27N3S. The summed E-state index contributed by atoms with van der Waals surface area (Å²) in [7, 11) is 2.27. The third-order valence-corrected chi connectivity index (χ3v) is 6.64. The van der Waals surface area contributed by atoms with Crippen LogP contribution < -0.4 is 4.90 Å². The Labute approximate surface area is 149 Å². The Bertz CT molecular complexity index is 706. The Balaban J connectivity index is 1.46. The van der Waals surface area contributed by atoms with Crippen LogP contribution >= 0.6 is 11.3 Å². The molecule has 0 spiro atoms. The van der Waals surface area contributed by atoms with Crippen molar-refractivity contribution in [2.75, 3.05) is 31.6 Å². The number of likely N-dealkylation sites (tertiary alicyclic amines) is 1. The lowest BCUT2D eigenvalue weighted by Gasteiger charge is -2.37. The molecule has 0 bridgehead atoms. The molecule has 1 fully saturated rings. The van der Waals surface area contributed by atoms with Gasteiger partial charge in [-0.05, 0) is 70.0 Å². The summed E-state index contributed by atoms with van der Waals surface area (Å²) in [5, 5.41) is 1.56. The average Bonchev–Trinajstić information content (AvgIpc) is 3.06. The first-order valence-corrected chi connectivity index (χ1v) is 9.90. The van der Waals surface area contributed by atoms with Crippen molar-refractivity contribution in [1.29, 1.82) is 0 Å². The molecule has 0 saturated carbocycles. The first-order valence-electron chi connectivity index (χ1n) is 9.09. The number of aryl methyl sites for hydroxylation is 3. The predicted octanol–water partition coefficient (Wildman–Crippen LogP) is 4.00. The normalized spacial score (nSPS) is 23.4. The van der Waals surface area contributed by atoms with Gasteiger partial charge in [-0.1, -0.05) is 6.07 Å². The lowest BCUT2D eigenvalue weighted by Crippen LogP contribution is -2.45. The van der Waals surface area contributed by atoms with Crippen LogP contribution in [0.1, 0.15) is 40.5 Å². The van der Waals surface area contributed by atoms with Gasteiger partial charge in [-0.15, -0.1) is 11.3 Å². The number of anilines is 1. The zero-order valence-corrected chi connectivity index (χ0v) is 15.8. The van der Waals surface area contributed by atoms with Crippen molar-refractivity contribution in [3.8, 4) is 0 Å². The quantitative estimate of drug-likeness (QED) is 0.838. The highest BCUT2D eigenvalue weighted by molar-refractivity contribution is 7.16. The summed E-state index contributed by atoms with van der Waals surface area (Å²) in [6, 6.07) is 7.52. The number of hydrogen-bond donors (Lipinski definition) is 0. The Morgan fingerprint density at radius 3 is 2.96 bits per heavy atom. The van der Waals surface area contributed by atoms with Crippen LogP contribution in [0.5, 0.6) is 0 Å². The zero-order valence-electron chi connectivity index (χ0n) is 15.0. The molecule has 4 heteroatoms. The monoisotopic (exact) mass is 341 g/mol. The minimum Gasteiger partial charge on any atom is -0.359 e. The summed E-state index contributed by atoms with van der Waals surface area (Å²) in [5.41, 5.74) is 4.08. The summed E-state index contributed by atoms with van der Waals surface area (Å²) in [4.78, 5) is 11.1. The molecule has 0 amide bonds.